The van der Waals surface area contributed by atoms with Crippen molar-refractivity contribution in [2.24, 2.45) is 5.73 Å². The van der Waals surface area contributed by atoms with Crippen molar-refractivity contribution in [3.63, 3.8) is 0 Å². The minimum Gasteiger partial charge on any atom is -0.452 e. The van der Waals surface area contributed by atoms with Crippen LogP contribution in [0.3, 0.4) is 0 Å². The lowest BCUT2D eigenvalue weighted by atomic mass is 10.1. The molecule has 0 aliphatic carbocycles. The molecule has 0 saturated heterocycles. The minimum atomic E-state index is -0.670. The molecule has 0 fully saturated rings. The Morgan fingerprint density at radius 1 is 1.10 bits per heavy atom. The third-order valence-corrected chi connectivity index (χ3v) is 4.77. The highest BCUT2D eigenvalue weighted by Crippen LogP contribution is 2.20. The van der Waals surface area contributed by atoms with Gasteiger partial charge < -0.3 is 15.8 Å². The summed E-state index contributed by atoms with van der Waals surface area (Å²) in [6, 6.07) is 13.0. The molecule has 2 aromatic carbocycles. The van der Waals surface area contributed by atoms with Gasteiger partial charge in [-0.15, -0.1) is 10.2 Å². The molecule has 0 saturated carbocycles. The summed E-state index contributed by atoms with van der Waals surface area (Å²) in [5.74, 6) is -1.18. The Bertz CT molecular complexity index is 1090. The molecule has 2 amide bonds. The van der Waals surface area contributed by atoms with Gasteiger partial charge >= 0.3 is 5.97 Å². The number of aryl methyl sites for hydroxylation is 1. The summed E-state index contributed by atoms with van der Waals surface area (Å²) in [7, 11) is 0. The second-order valence-corrected chi connectivity index (χ2v) is 6.92. The number of aromatic nitrogens is 3. The fourth-order valence-electron chi connectivity index (χ4n) is 2.73. The van der Waals surface area contributed by atoms with Crippen LogP contribution in [0.15, 0.2) is 53.7 Å². The predicted molar refractivity (Wildman–Crippen MR) is 112 cm³/mol. The first-order valence-electron chi connectivity index (χ1n) is 8.83. The maximum atomic E-state index is 12.3. The van der Waals surface area contributed by atoms with Crippen LogP contribution >= 0.6 is 11.8 Å². The minimum absolute atomic E-state index is 0.168. The molecular formula is C20H19N5O4S. The number of nitrogens with one attached hydrogen (secondary N) is 1. The third-order valence-electron chi connectivity index (χ3n) is 4.14. The van der Waals surface area contributed by atoms with Gasteiger partial charge in [0.1, 0.15) is 5.82 Å². The molecule has 0 aliphatic heterocycles. The van der Waals surface area contributed by atoms with Crippen LogP contribution in [-0.4, -0.2) is 45.4 Å². The molecule has 154 valence electrons. The summed E-state index contributed by atoms with van der Waals surface area (Å²) < 4.78 is 6.92. The van der Waals surface area contributed by atoms with Crippen molar-refractivity contribution in [2.45, 2.75) is 12.1 Å². The summed E-state index contributed by atoms with van der Waals surface area (Å²) in [6.07, 6.45) is 1.90. The van der Waals surface area contributed by atoms with Gasteiger partial charge in [0, 0.05) is 5.69 Å². The Kier molecular flexibility index (Phi) is 6.48. The molecule has 1 aromatic heterocycles. The van der Waals surface area contributed by atoms with Crippen LogP contribution in [0.2, 0.25) is 0 Å². The van der Waals surface area contributed by atoms with Crippen LogP contribution in [0.5, 0.6) is 0 Å². The molecule has 1 heterocycles. The van der Waals surface area contributed by atoms with Crippen LogP contribution in [0.1, 0.15) is 26.5 Å². The zero-order valence-electron chi connectivity index (χ0n) is 16.3. The van der Waals surface area contributed by atoms with Crippen LogP contribution in [-0.2, 0) is 9.53 Å². The van der Waals surface area contributed by atoms with Gasteiger partial charge in [-0.2, -0.15) is 0 Å². The van der Waals surface area contributed by atoms with E-state index in [0.717, 1.165) is 16.7 Å². The fourth-order valence-corrected chi connectivity index (χ4v) is 3.27. The summed E-state index contributed by atoms with van der Waals surface area (Å²) in [6.45, 7) is 1.33. The van der Waals surface area contributed by atoms with Crippen molar-refractivity contribution in [1.29, 1.82) is 0 Å². The average Bonchev–Trinajstić information content (AvgIpc) is 3.12. The maximum absolute atomic E-state index is 12.3. The van der Waals surface area contributed by atoms with E-state index >= 15 is 0 Å². The molecule has 0 spiro atoms. The van der Waals surface area contributed by atoms with Gasteiger partial charge in [-0.05, 0) is 49.6 Å². The number of anilines is 1. The number of carbonyl (C=O) groups is 3. The molecule has 0 radical (unpaired) electrons. The summed E-state index contributed by atoms with van der Waals surface area (Å²) in [5, 5.41) is 11.4. The largest absolute Gasteiger partial charge is 0.452 e. The molecule has 0 unspecified atom stereocenters. The topological polar surface area (TPSA) is 129 Å². The number of rotatable bonds is 7. The maximum Gasteiger partial charge on any atom is 0.338 e. The standard InChI is InChI=1S/C20H19N5O4S/c1-12-23-24-20(30-2)25(12)14-9-7-13(8-10-14)19(28)29-11-17(26)22-16-6-4-3-5-15(16)18(21)27/h3-10H,11H2,1-2H3,(H2,21,27)(H,22,26). The number of carbonyl (C=O) groups excluding carboxylic acids is 3. The lowest BCUT2D eigenvalue weighted by molar-refractivity contribution is -0.119. The molecule has 3 rings (SSSR count). The summed E-state index contributed by atoms with van der Waals surface area (Å²) in [4.78, 5) is 35.7. The van der Waals surface area contributed by atoms with E-state index < -0.39 is 24.4 Å². The van der Waals surface area contributed by atoms with E-state index in [-0.39, 0.29) is 11.3 Å². The number of hydrogen-bond donors (Lipinski definition) is 2. The van der Waals surface area contributed by atoms with Crippen LogP contribution in [0.4, 0.5) is 5.69 Å². The SMILES string of the molecule is CSc1nnc(C)n1-c1ccc(C(=O)OCC(=O)Nc2ccccc2C(N)=O)cc1. The Hall–Kier alpha value is -3.66. The van der Waals surface area contributed by atoms with Crippen molar-refractivity contribution in [2.75, 3.05) is 18.2 Å². The van der Waals surface area contributed by atoms with Crippen molar-refractivity contribution >= 4 is 35.2 Å². The second kappa shape index (κ2) is 9.23. The number of esters is 1. The van der Waals surface area contributed by atoms with Gasteiger partial charge in [-0.1, -0.05) is 23.9 Å². The number of primary amides is 1. The van der Waals surface area contributed by atoms with E-state index in [4.69, 9.17) is 10.5 Å². The van der Waals surface area contributed by atoms with E-state index in [1.54, 1.807) is 36.4 Å². The number of thioether (sulfide) groups is 1. The van der Waals surface area contributed by atoms with Gasteiger partial charge in [0.15, 0.2) is 11.8 Å². The molecule has 0 aliphatic rings. The molecule has 3 N–H and O–H groups in total. The first-order valence-corrected chi connectivity index (χ1v) is 10.1. The monoisotopic (exact) mass is 425 g/mol. The van der Waals surface area contributed by atoms with Crippen LogP contribution < -0.4 is 11.1 Å². The zero-order valence-corrected chi connectivity index (χ0v) is 17.1. The zero-order chi connectivity index (χ0) is 21.7. The van der Waals surface area contributed by atoms with Gasteiger partial charge in [0.05, 0.1) is 16.8 Å². The average molecular weight is 425 g/mol. The molecule has 3 aromatic rings. The number of para-hydroxylation sites is 1. The van der Waals surface area contributed by atoms with E-state index in [0.29, 0.717) is 5.56 Å². The highest BCUT2D eigenvalue weighted by molar-refractivity contribution is 7.98. The van der Waals surface area contributed by atoms with E-state index in [1.807, 2.05) is 17.7 Å². The van der Waals surface area contributed by atoms with Crippen LogP contribution in [0, 0.1) is 6.92 Å². The Labute approximate surface area is 176 Å². The van der Waals surface area contributed by atoms with Gasteiger partial charge in [0.2, 0.25) is 0 Å². The predicted octanol–water partition coefficient (Wildman–Crippen LogP) is 2.19. The van der Waals surface area contributed by atoms with Gasteiger partial charge in [-0.25, -0.2) is 4.79 Å². The lowest BCUT2D eigenvalue weighted by Crippen LogP contribution is -2.23. The first kappa shape index (κ1) is 21.1. The highest BCUT2D eigenvalue weighted by Gasteiger charge is 2.15. The smallest absolute Gasteiger partial charge is 0.338 e. The van der Waals surface area contributed by atoms with Gasteiger partial charge in [-0.3, -0.25) is 14.2 Å². The summed E-state index contributed by atoms with van der Waals surface area (Å²) in [5.41, 5.74) is 6.80. The molecular weight excluding hydrogens is 406 g/mol. The van der Waals surface area contributed by atoms with Crippen molar-refractivity contribution in [3.8, 4) is 5.69 Å². The number of nitrogens with two attached hydrogens (primary N) is 1. The lowest BCUT2D eigenvalue weighted by Gasteiger charge is -2.10. The number of nitrogens with zero attached hydrogens (tertiary/aromatic N) is 3. The highest BCUT2D eigenvalue weighted by atomic mass is 32.2. The number of benzene rings is 2. The van der Waals surface area contributed by atoms with Crippen molar-refractivity contribution in [1.82, 2.24) is 14.8 Å². The summed E-state index contributed by atoms with van der Waals surface area (Å²) >= 11 is 1.46. The van der Waals surface area contributed by atoms with E-state index in [1.165, 1.54) is 23.9 Å². The molecule has 0 bridgehead atoms. The third kappa shape index (κ3) is 4.66. The normalized spacial score (nSPS) is 10.5. The van der Waals surface area contributed by atoms with Gasteiger partial charge in [0.25, 0.3) is 11.8 Å². The Morgan fingerprint density at radius 3 is 2.47 bits per heavy atom. The van der Waals surface area contributed by atoms with E-state index in [9.17, 15) is 14.4 Å². The van der Waals surface area contributed by atoms with E-state index in [2.05, 4.69) is 15.5 Å². The molecule has 30 heavy (non-hydrogen) atoms. The second-order valence-electron chi connectivity index (χ2n) is 6.15. The number of hydrogen-bond acceptors (Lipinski definition) is 7. The van der Waals surface area contributed by atoms with Crippen LogP contribution in [0.25, 0.3) is 5.69 Å². The molecule has 10 heteroatoms. The quantitative estimate of drug-likeness (QED) is 0.438. The Morgan fingerprint density at radius 2 is 1.80 bits per heavy atom. The number of ether oxygens (including phenoxy) is 1. The van der Waals surface area contributed by atoms with Crippen molar-refractivity contribution < 1.29 is 19.1 Å². The molecule has 0 atom stereocenters. The fraction of sp³-hybridized carbons (Fsp3) is 0.150. The number of amides is 2. The molecule has 9 nitrogen and oxygen atoms in total. The van der Waals surface area contributed by atoms with Crippen molar-refractivity contribution in [3.05, 3.63) is 65.5 Å². The Balaban J connectivity index is 1.62. The first-order chi connectivity index (χ1) is 14.4.